The summed E-state index contributed by atoms with van der Waals surface area (Å²) < 4.78 is 9.41. The van der Waals surface area contributed by atoms with Crippen LogP contribution in [0.3, 0.4) is 0 Å². The van der Waals surface area contributed by atoms with E-state index < -0.39 is 0 Å². The maximum atomic E-state index is 6.97. The van der Waals surface area contributed by atoms with Crippen molar-refractivity contribution in [3.63, 3.8) is 0 Å². The first-order valence-corrected chi connectivity index (χ1v) is 19.1. The highest BCUT2D eigenvalue weighted by molar-refractivity contribution is 7.26. The van der Waals surface area contributed by atoms with Gasteiger partial charge in [0.2, 0.25) is 0 Å². The number of benzene rings is 5. The number of thiophene rings is 1. The summed E-state index contributed by atoms with van der Waals surface area (Å²) in [6, 6.07) is 43.6. The van der Waals surface area contributed by atoms with Crippen molar-refractivity contribution in [3.8, 4) is 33.9 Å². The summed E-state index contributed by atoms with van der Waals surface area (Å²) in [5.41, 5.74) is 10.5. The summed E-state index contributed by atoms with van der Waals surface area (Å²) in [6.45, 7) is 13.8. The molecule has 52 heavy (non-hydrogen) atoms. The predicted octanol–water partition coefficient (Wildman–Crippen LogP) is 14.1. The minimum atomic E-state index is 0.174. The summed E-state index contributed by atoms with van der Waals surface area (Å²) in [5, 5.41) is 7.08. The number of furan rings is 1. The molecule has 0 fully saturated rings. The maximum absolute atomic E-state index is 6.97. The van der Waals surface area contributed by atoms with E-state index in [1.54, 1.807) is 0 Å². The van der Waals surface area contributed by atoms with Crippen molar-refractivity contribution in [2.24, 2.45) is 10.8 Å². The Morgan fingerprint density at radius 1 is 0.558 bits per heavy atom. The second-order valence-electron chi connectivity index (χ2n) is 16.7. The summed E-state index contributed by atoms with van der Waals surface area (Å²) >= 11 is 1.83. The van der Waals surface area contributed by atoms with E-state index in [-0.39, 0.29) is 10.8 Å². The van der Waals surface area contributed by atoms with Crippen LogP contribution in [0.1, 0.15) is 52.7 Å². The molecule has 0 aliphatic heterocycles. The van der Waals surface area contributed by atoms with Gasteiger partial charge in [-0.15, -0.1) is 11.3 Å². The number of fused-ring (bicyclic) bond motifs is 8. The Balaban J connectivity index is 1.34. The van der Waals surface area contributed by atoms with Gasteiger partial charge in [0.25, 0.3) is 0 Å². The lowest BCUT2D eigenvalue weighted by Crippen LogP contribution is -2.08. The fourth-order valence-electron chi connectivity index (χ4n) is 7.77. The molecule has 0 saturated carbocycles. The quantitative estimate of drug-likeness (QED) is 0.180. The van der Waals surface area contributed by atoms with Crippen LogP contribution in [0.25, 0.3) is 86.8 Å². The van der Waals surface area contributed by atoms with Crippen LogP contribution in [0.4, 0.5) is 0 Å². The monoisotopic (exact) mass is 694 g/mol. The average molecular weight is 695 g/mol. The molecule has 0 atom stereocenters. The molecule has 0 N–H and O–H groups in total. The molecule has 0 aliphatic rings. The van der Waals surface area contributed by atoms with Crippen LogP contribution in [0.2, 0.25) is 0 Å². The van der Waals surface area contributed by atoms with Gasteiger partial charge in [0, 0.05) is 37.4 Å². The zero-order valence-electron chi connectivity index (χ0n) is 30.7. The van der Waals surface area contributed by atoms with Crippen molar-refractivity contribution >= 4 is 64.2 Å². The fraction of sp³-hybridized carbons (Fsp3) is 0.208. The maximum Gasteiger partial charge on any atom is 0.145 e. The van der Waals surface area contributed by atoms with Crippen molar-refractivity contribution in [1.82, 2.24) is 9.97 Å². The van der Waals surface area contributed by atoms with E-state index in [2.05, 4.69) is 157 Å². The lowest BCUT2D eigenvalue weighted by atomic mass is 9.88. The van der Waals surface area contributed by atoms with Crippen molar-refractivity contribution in [2.75, 3.05) is 0 Å². The zero-order chi connectivity index (χ0) is 35.8. The minimum Gasteiger partial charge on any atom is -0.455 e. The van der Waals surface area contributed by atoms with Gasteiger partial charge in [-0.25, -0.2) is 9.97 Å². The zero-order valence-corrected chi connectivity index (χ0v) is 31.5. The van der Waals surface area contributed by atoms with E-state index in [4.69, 9.17) is 14.4 Å². The Labute approximate surface area is 309 Å². The van der Waals surface area contributed by atoms with Gasteiger partial charge in [-0.2, -0.15) is 0 Å². The molecule has 3 nitrogen and oxygen atoms in total. The van der Waals surface area contributed by atoms with Crippen molar-refractivity contribution in [2.45, 2.75) is 54.4 Å². The fourth-order valence-corrected chi connectivity index (χ4v) is 9.02. The molecule has 0 amide bonds. The summed E-state index contributed by atoms with van der Waals surface area (Å²) in [7, 11) is 0. The first-order chi connectivity index (χ1) is 25.0. The molecule has 0 aliphatic carbocycles. The standard InChI is InChI=1S/C48H42N2OS/c1-47(2,3)27-29-20-22-35-41(23-29)51-45-37(25-32-15-10-11-16-33(32)43(35)45)44-46-36(34-21-19-30(24-42(34)52-46)28-48(4,5)6)26-40(50-44)39-18-12-17-38(49-39)31-13-8-7-9-14-31/h7-26H,27-28H2,1-6H3. The van der Waals surface area contributed by atoms with Crippen molar-refractivity contribution < 1.29 is 4.42 Å². The van der Waals surface area contributed by atoms with E-state index in [1.165, 1.54) is 37.4 Å². The van der Waals surface area contributed by atoms with Gasteiger partial charge < -0.3 is 4.42 Å². The van der Waals surface area contributed by atoms with Crippen molar-refractivity contribution in [1.29, 1.82) is 0 Å². The Kier molecular flexibility index (Phi) is 7.60. The molecule has 0 bridgehead atoms. The van der Waals surface area contributed by atoms with E-state index in [9.17, 15) is 0 Å². The highest BCUT2D eigenvalue weighted by Gasteiger charge is 2.23. The highest BCUT2D eigenvalue weighted by atomic mass is 32.1. The summed E-state index contributed by atoms with van der Waals surface area (Å²) in [6.07, 6.45) is 2.00. The molecule has 0 radical (unpaired) electrons. The predicted molar refractivity (Wildman–Crippen MR) is 222 cm³/mol. The normalized spacial score (nSPS) is 12.6. The topological polar surface area (TPSA) is 38.9 Å². The first kappa shape index (κ1) is 32.6. The third-order valence-corrected chi connectivity index (χ3v) is 11.0. The molecular formula is C48H42N2OS. The molecule has 5 aromatic carbocycles. The molecule has 9 aromatic rings. The van der Waals surface area contributed by atoms with Crippen LogP contribution in [0, 0.1) is 10.8 Å². The van der Waals surface area contributed by atoms with Gasteiger partial charge >= 0.3 is 0 Å². The van der Waals surface area contributed by atoms with Gasteiger partial charge in [0.1, 0.15) is 11.2 Å². The van der Waals surface area contributed by atoms with Gasteiger partial charge in [-0.3, -0.25) is 0 Å². The third kappa shape index (κ3) is 5.95. The van der Waals surface area contributed by atoms with Crippen LogP contribution in [-0.4, -0.2) is 9.97 Å². The minimum absolute atomic E-state index is 0.174. The molecule has 9 rings (SSSR count). The number of aromatic nitrogens is 2. The number of hydrogen-bond acceptors (Lipinski definition) is 4. The first-order valence-electron chi connectivity index (χ1n) is 18.2. The molecule has 4 heterocycles. The molecule has 0 unspecified atom stereocenters. The summed E-state index contributed by atoms with van der Waals surface area (Å²) in [4.78, 5) is 10.7. The largest absolute Gasteiger partial charge is 0.455 e. The second kappa shape index (κ2) is 12.1. The van der Waals surface area contributed by atoms with E-state index in [0.29, 0.717) is 0 Å². The Hall–Kier alpha value is -5.32. The lowest BCUT2D eigenvalue weighted by Gasteiger charge is -2.17. The van der Waals surface area contributed by atoms with Crippen LogP contribution in [0.15, 0.2) is 126 Å². The van der Waals surface area contributed by atoms with E-state index in [1.807, 2.05) is 17.4 Å². The molecular weight excluding hydrogens is 653 g/mol. The number of nitrogens with zero attached hydrogens (tertiary/aromatic N) is 2. The van der Waals surface area contributed by atoms with E-state index >= 15 is 0 Å². The van der Waals surface area contributed by atoms with E-state index in [0.717, 1.165) is 73.4 Å². The Bertz CT molecular complexity index is 2810. The van der Waals surface area contributed by atoms with Gasteiger partial charge in [-0.05, 0) is 82.0 Å². The average Bonchev–Trinajstić information content (AvgIpc) is 3.68. The SMILES string of the molecule is CC(C)(C)Cc1ccc2c(c1)oc1c(-c3nc(-c4cccc(-c5ccccc5)n4)cc4c3sc3cc(CC(C)(C)C)ccc34)cc3ccccc3c12. The number of hydrogen-bond donors (Lipinski definition) is 0. The van der Waals surface area contributed by atoms with Gasteiger partial charge in [0.15, 0.2) is 0 Å². The molecule has 0 saturated heterocycles. The van der Waals surface area contributed by atoms with Crippen LogP contribution in [-0.2, 0) is 12.8 Å². The van der Waals surface area contributed by atoms with Crippen LogP contribution in [0.5, 0.6) is 0 Å². The summed E-state index contributed by atoms with van der Waals surface area (Å²) in [5.74, 6) is 0. The van der Waals surface area contributed by atoms with Gasteiger partial charge in [0.05, 0.1) is 27.5 Å². The molecule has 256 valence electrons. The molecule has 4 aromatic heterocycles. The van der Waals surface area contributed by atoms with Crippen molar-refractivity contribution in [3.05, 3.63) is 132 Å². The molecule has 0 spiro atoms. The lowest BCUT2D eigenvalue weighted by molar-refractivity contribution is 0.411. The Morgan fingerprint density at radius 3 is 2.02 bits per heavy atom. The number of rotatable bonds is 5. The van der Waals surface area contributed by atoms with Gasteiger partial charge in [-0.1, -0.05) is 126 Å². The smallest absolute Gasteiger partial charge is 0.145 e. The number of pyridine rings is 2. The van der Waals surface area contributed by atoms with Crippen LogP contribution >= 0.6 is 11.3 Å². The Morgan fingerprint density at radius 2 is 1.25 bits per heavy atom. The third-order valence-electron chi connectivity index (χ3n) is 9.86. The highest BCUT2D eigenvalue weighted by Crippen LogP contribution is 2.46. The second-order valence-corrected chi connectivity index (χ2v) is 17.7. The van der Waals surface area contributed by atoms with Crippen LogP contribution < -0.4 is 0 Å². The molecule has 4 heteroatoms.